The number of H-pyrrole nitrogens is 1. The molecule has 4 nitrogen and oxygen atoms in total. The molecular formula is C16H20ClN3O. The summed E-state index contributed by atoms with van der Waals surface area (Å²) in [4.78, 5) is 20.0. The third-order valence-corrected chi connectivity index (χ3v) is 4.48. The van der Waals surface area contributed by atoms with Gasteiger partial charge in [0.15, 0.2) is 0 Å². The number of carbonyl (C=O) groups is 1. The van der Waals surface area contributed by atoms with Gasteiger partial charge in [-0.25, -0.2) is 0 Å². The normalized spacial score (nSPS) is 16.6. The number of benzene rings is 1. The number of hydrogen-bond donors (Lipinski definition) is 1. The van der Waals surface area contributed by atoms with Crippen LogP contribution in [0.15, 0.2) is 24.4 Å². The first kappa shape index (κ1) is 14.4. The van der Waals surface area contributed by atoms with Crippen molar-refractivity contribution in [2.45, 2.75) is 13.3 Å². The molecule has 2 aromatic rings. The molecule has 0 aliphatic carbocycles. The second-order valence-electron chi connectivity index (χ2n) is 5.50. The van der Waals surface area contributed by atoms with Gasteiger partial charge >= 0.3 is 0 Å². The summed E-state index contributed by atoms with van der Waals surface area (Å²) < 4.78 is 0. The highest BCUT2D eigenvalue weighted by Crippen LogP contribution is 2.22. The smallest absolute Gasteiger partial charge is 0.227 e. The van der Waals surface area contributed by atoms with Crippen molar-refractivity contribution < 1.29 is 4.79 Å². The van der Waals surface area contributed by atoms with Gasteiger partial charge in [-0.1, -0.05) is 24.6 Å². The summed E-state index contributed by atoms with van der Waals surface area (Å²) in [5.74, 6) is 0.210. The van der Waals surface area contributed by atoms with Gasteiger partial charge in [0.2, 0.25) is 5.91 Å². The molecule has 0 spiro atoms. The molecule has 1 fully saturated rings. The molecule has 0 atom stereocenters. The lowest BCUT2D eigenvalue weighted by Crippen LogP contribution is -2.48. The van der Waals surface area contributed by atoms with Crippen molar-refractivity contribution in [1.82, 2.24) is 14.8 Å². The number of aromatic amines is 1. The van der Waals surface area contributed by atoms with Crippen LogP contribution in [0.25, 0.3) is 10.9 Å². The molecular weight excluding hydrogens is 286 g/mol. The number of likely N-dealkylation sites (N-methyl/N-ethyl adjacent to an activating group) is 1. The van der Waals surface area contributed by atoms with E-state index in [1.165, 1.54) is 0 Å². The number of rotatable bonds is 3. The SMILES string of the molecule is CCN1CCN(C(=O)Cc2c[nH]c3cc(Cl)ccc23)CC1. The van der Waals surface area contributed by atoms with Gasteiger partial charge in [0.25, 0.3) is 0 Å². The van der Waals surface area contributed by atoms with Crippen LogP contribution in [0.1, 0.15) is 12.5 Å². The highest BCUT2D eigenvalue weighted by atomic mass is 35.5. The Labute approximate surface area is 129 Å². The molecule has 2 heterocycles. The van der Waals surface area contributed by atoms with Crippen LogP contribution in [0.4, 0.5) is 0 Å². The van der Waals surface area contributed by atoms with Crippen molar-refractivity contribution in [1.29, 1.82) is 0 Å². The molecule has 1 aromatic carbocycles. The lowest BCUT2D eigenvalue weighted by molar-refractivity contribution is -0.132. The topological polar surface area (TPSA) is 39.3 Å². The molecule has 1 aliphatic rings. The summed E-state index contributed by atoms with van der Waals surface area (Å²) in [6.07, 6.45) is 2.37. The Bertz CT molecular complexity index is 644. The quantitative estimate of drug-likeness (QED) is 0.946. The van der Waals surface area contributed by atoms with E-state index in [1.54, 1.807) is 0 Å². The number of nitrogens with one attached hydrogen (secondary N) is 1. The molecule has 112 valence electrons. The number of carbonyl (C=O) groups excluding carboxylic acids is 1. The highest BCUT2D eigenvalue weighted by molar-refractivity contribution is 6.31. The van der Waals surface area contributed by atoms with Crippen molar-refractivity contribution >= 4 is 28.4 Å². The van der Waals surface area contributed by atoms with Crippen molar-refractivity contribution in [2.24, 2.45) is 0 Å². The molecule has 0 radical (unpaired) electrons. The molecule has 1 aromatic heterocycles. The van der Waals surface area contributed by atoms with Gasteiger partial charge in [-0.15, -0.1) is 0 Å². The Morgan fingerprint density at radius 2 is 2.05 bits per heavy atom. The molecule has 0 bridgehead atoms. The zero-order valence-corrected chi connectivity index (χ0v) is 13.0. The molecule has 3 rings (SSSR count). The number of hydrogen-bond acceptors (Lipinski definition) is 2. The molecule has 1 N–H and O–H groups in total. The van der Waals surface area contributed by atoms with Gasteiger partial charge in [-0.05, 0) is 24.2 Å². The second kappa shape index (κ2) is 6.08. The minimum atomic E-state index is 0.210. The fourth-order valence-corrected chi connectivity index (χ4v) is 3.07. The zero-order valence-electron chi connectivity index (χ0n) is 12.2. The fourth-order valence-electron chi connectivity index (χ4n) is 2.89. The summed E-state index contributed by atoms with van der Waals surface area (Å²) in [6, 6.07) is 5.74. The summed E-state index contributed by atoms with van der Waals surface area (Å²) in [7, 11) is 0. The van der Waals surface area contributed by atoms with E-state index in [1.807, 2.05) is 29.3 Å². The average Bonchev–Trinajstić information content (AvgIpc) is 2.89. The lowest BCUT2D eigenvalue weighted by Gasteiger charge is -2.34. The maximum atomic E-state index is 12.4. The summed E-state index contributed by atoms with van der Waals surface area (Å²) in [6.45, 7) is 6.85. The number of fused-ring (bicyclic) bond motifs is 1. The summed E-state index contributed by atoms with van der Waals surface area (Å²) in [5.41, 5.74) is 2.03. The van der Waals surface area contributed by atoms with Gasteiger partial charge in [-0.3, -0.25) is 4.79 Å². The predicted octanol–water partition coefficient (Wildman–Crippen LogP) is 2.53. The van der Waals surface area contributed by atoms with Crippen LogP contribution in [0.3, 0.4) is 0 Å². The standard InChI is InChI=1S/C16H20ClN3O/c1-2-19-5-7-20(8-6-19)16(21)9-12-11-18-15-10-13(17)3-4-14(12)15/h3-4,10-11,18H,2,5-9H2,1H3. The van der Waals surface area contributed by atoms with Crippen LogP contribution >= 0.6 is 11.6 Å². The van der Waals surface area contributed by atoms with Gasteiger partial charge in [0.1, 0.15) is 0 Å². The second-order valence-corrected chi connectivity index (χ2v) is 5.93. The molecule has 0 unspecified atom stereocenters. The highest BCUT2D eigenvalue weighted by Gasteiger charge is 2.21. The van der Waals surface area contributed by atoms with E-state index < -0.39 is 0 Å². The van der Waals surface area contributed by atoms with Crippen LogP contribution in [-0.4, -0.2) is 53.4 Å². The zero-order chi connectivity index (χ0) is 14.8. The van der Waals surface area contributed by atoms with E-state index in [2.05, 4.69) is 16.8 Å². The molecule has 1 saturated heterocycles. The van der Waals surface area contributed by atoms with Crippen LogP contribution in [0, 0.1) is 0 Å². The van der Waals surface area contributed by atoms with Gasteiger partial charge < -0.3 is 14.8 Å². The molecule has 1 aliphatic heterocycles. The Morgan fingerprint density at radius 1 is 1.29 bits per heavy atom. The van der Waals surface area contributed by atoms with E-state index in [9.17, 15) is 4.79 Å². The number of halogens is 1. The van der Waals surface area contributed by atoms with Gasteiger partial charge in [0, 0.05) is 48.3 Å². The first-order valence-electron chi connectivity index (χ1n) is 7.43. The number of piperazine rings is 1. The van der Waals surface area contributed by atoms with Crippen molar-refractivity contribution in [3.8, 4) is 0 Å². The van der Waals surface area contributed by atoms with Crippen LogP contribution < -0.4 is 0 Å². The Hall–Kier alpha value is -1.52. The Balaban J connectivity index is 1.69. The lowest BCUT2D eigenvalue weighted by atomic mass is 10.1. The minimum Gasteiger partial charge on any atom is -0.361 e. The van der Waals surface area contributed by atoms with Crippen LogP contribution in [0.5, 0.6) is 0 Å². The maximum absolute atomic E-state index is 12.4. The Morgan fingerprint density at radius 3 is 2.76 bits per heavy atom. The first-order chi connectivity index (χ1) is 10.2. The monoisotopic (exact) mass is 305 g/mol. The third kappa shape index (κ3) is 3.06. The average molecular weight is 306 g/mol. The van der Waals surface area contributed by atoms with Crippen LogP contribution in [-0.2, 0) is 11.2 Å². The van der Waals surface area contributed by atoms with Crippen molar-refractivity contribution in [3.63, 3.8) is 0 Å². The first-order valence-corrected chi connectivity index (χ1v) is 7.81. The van der Waals surface area contributed by atoms with Crippen LogP contribution in [0.2, 0.25) is 5.02 Å². The molecule has 21 heavy (non-hydrogen) atoms. The molecule has 1 amide bonds. The van der Waals surface area contributed by atoms with E-state index in [4.69, 9.17) is 11.6 Å². The Kier molecular flexibility index (Phi) is 4.17. The number of nitrogens with zero attached hydrogens (tertiary/aromatic N) is 2. The molecule has 5 heteroatoms. The third-order valence-electron chi connectivity index (χ3n) is 4.24. The van der Waals surface area contributed by atoms with E-state index >= 15 is 0 Å². The largest absolute Gasteiger partial charge is 0.361 e. The van der Waals surface area contributed by atoms with E-state index in [0.717, 1.165) is 49.2 Å². The molecule has 0 saturated carbocycles. The van der Waals surface area contributed by atoms with E-state index in [-0.39, 0.29) is 5.91 Å². The van der Waals surface area contributed by atoms with Gasteiger partial charge in [-0.2, -0.15) is 0 Å². The summed E-state index contributed by atoms with van der Waals surface area (Å²) >= 11 is 5.98. The number of aromatic nitrogens is 1. The summed E-state index contributed by atoms with van der Waals surface area (Å²) in [5, 5.41) is 1.79. The predicted molar refractivity (Wildman–Crippen MR) is 85.7 cm³/mol. The minimum absolute atomic E-state index is 0.210. The fraction of sp³-hybridized carbons (Fsp3) is 0.438. The van der Waals surface area contributed by atoms with E-state index in [0.29, 0.717) is 11.4 Å². The van der Waals surface area contributed by atoms with Gasteiger partial charge in [0.05, 0.1) is 6.42 Å². The number of amides is 1. The maximum Gasteiger partial charge on any atom is 0.227 e. The van der Waals surface area contributed by atoms with Crippen molar-refractivity contribution in [2.75, 3.05) is 32.7 Å². The van der Waals surface area contributed by atoms with Crippen molar-refractivity contribution in [3.05, 3.63) is 35.0 Å².